The molecule has 1 rings (SSSR count). The first-order valence-corrected chi connectivity index (χ1v) is 8.65. The molecule has 1 amide bonds. The largest absolute Gasteiger partial charge is 0.355 e. The Balaban J connectivity index is 0.00000529. The molecule has 0 heterocycles. The first-order chi connectivity index (χ1) is 10.8. The van der Waals surface area contributed by atoms with E-state index in [1.54, 1.807) is 18.8 Å². The van der Waals surface area contributed by atoms with Gasteiger partial charge in [-0.3, -0.25) is 9.79 Å². The van der Waals surface area contributed by atoms with Crippen LogP contribution in [0.5, 0.6) is 0 Å². The number of hydrogen-bond donors (Lipinski definition) is 3. The molecule has 0 spiro atoms. The van der Waals surface area contributed by atoms with Crippen LogP contribution in [0.4, 0.5) is 0 Å². The molecular weight excluding hydrogens is 435 g/mol. The summed E-state index contributed by atoms with van der Waals surface area (Å²) in [7, 11) is 1.70. The van der Waals surface area contributed by atoms with Gasteiger partial charge in [0.1, 0.15) is 0 Å². The summed E-state index contributed by atoms with van der Waals surface area (Å²) in [6.07, 6.45) is 0. The fourth-order valence-corrected chi connectivity index (χ4v) is 2.81. The normalized spacial score (nSPS) is 12.8. The third-order valence-electron chi connectivity index (χ3n) is 2.79. The Morgan fingerprint density at radius 1 is 1.21 bits per heavy atom. The molecule has 1 unspecified atom stereocenters. The zero-order chi connectivity index (χ0) is 17.3. The van der Waals surface area contributed by atoms with Gasteiger partial charge in [-0.25, -0.2) is 0 Å². The van der Waals surface area contributed by atoms with Crippen molar-refractivity contribution < 1.29 is 4.79 Å². The summed E-state index contributed by atoms with van der Waals surface area (Å²) in [4.78, 5) is 17.2. The van der Waals surface area contributed by atoms with Crippen molar-refractivity contribution in [2.75, 3.05) is 20.1 Å². The Morgan fingerprint density at radius 3 is 2.38 bits per heavy atom. The van der Waals surface area contributed by atoms with Gasteiger partial charge in [-0.05, 0) is 32.9 Å². The number of carbonyl (C=O) groups is 1. The Bertz CT molecular complexity index is 517. The van der Waals surface area contributed by atoms with Crippen LogP contribution in [0.1, 0.15) is 27.7 Å². The van der Waals surface area contributed by atoms with Crippen molar-refractivity contribution in [1.29, 1.82) is 0 Å². The molecule has 0 bridgehead atoms. The lowest BCUT2D eigenvalue weighted by Crippen LogP contribution is -2.48. The molecule has 5 nitrogen and oxygen atoms in total. The van der Waals surface area contributed by atoms with Crippen molar-refractivity contribution >= 4 is 47.6 Å². The monoisotopic (exact) mass is 464 g/mol. The smallest absolute Gasteiger partial charge is 0.239 e. The maximum Gasteiger partial charge on any atom is 0.239 e. The molecule has 1 aromatic rings. The lowest BCUT2D eigenvalue weighted by atomic mass is 10.1. The molecule has 0 saturated heterocycles. The predicted octanol–water partition coefficient (Wildman–Crippen LogP) is 2.86. The summed E-state index contributed by atoms with van der Waals surface area (Å²) in [5.74, 6) is 0.585. The minimum absolute atomic E-state index is 0. The van der Waals surface area contributed by atoms with Gasteiger partial charge in [0.05, 0.1) is 6.54 Å². The third-order valence-corrected chi connectivity index (χ3v) is 3.91. The molecule has 0 aliphatic carbocycles. The second-order valence-electron chi connectivity index (χ2n) is 6.35. The molecule has 7 heteroatoms. The van der Waals surface area contributed by atoms with Gasteiger partial charge in [0, 0.05) is 29.3 Å². The topological polar surface area (TPSA) is 65.5 Å². The van der Waals surface area contributed by atoms with Crippen LogP contribution in [-0.4, -0.2) is 42.8 Å². The number of thioether (sulfide) groups is 1. The van der Waals surface area contributed by atoms with E-state index in [2.05, 4.69) is 40.0 Å². The number of carbonyl (C=O) groups excluding carboxylic acids is 1. The predicted molar refractivity (Wildman–Crippen MR) is 114 cm³/mol. The zero-order valence-corrected chi connectivity index (χ0v) is 18.2. The first-order valence-electron chi connectivity index (χ1n) is 7.77. The van der Waals surface area contributed by atoms with Gasteiger partial charge in [0.25, 0.3) is 0 Å². The summed E-state index contributed by atoms with van der Waals surface area (Å²) in [5, 5.41) is 9.57. The quantitative estimate of drug-likeness (QED) is 0.262. The first kappa shape index (κ1) is 23.0. The number of nitrogens with one attached hydrogen (secondary N) is 3. The Labute approximate surface area is 166 Å². The number of nitrogens with zero attached hydrogens (tertiary/aromatic N) is 1. The highest BCUT2D eigenvalue weighted by molar-refractivity contribution is 14.0. The van der Waals surface area contributed by atoms with Crippen molar-refractivity contribution in [3.05, 3.63) is 30.3 Å². The van der Waals surface area contributed by atoms with Crippen LogP contribution in [0.3, 0.4) is 0 Å². The molecule has 0 fully saturated rings. The van der Waals surface area contributed by atoms with E-state index in [-0.39, 0.29) is 42.0 Å². The van der Waals surface area contributed by atoms with Gasteiger partial charge >= 0.3 is 0 Å². The standard InChI is InChI=1S/C17H28N4OS.HI/c1-13(23-14-9-7-6-8-10-14)11-19-16(18-5)20-12-15(22)21-17(2,3)4;/h6-10,13H,11-12H2,1-5H3,(H,21,22)(H2,18,19,20);1H. The number of rotatable bonds is 6. The summed E-state index contributed by atoms with van der Waals surface area (Å²) in [5.41, 5.74) is -0.226. The van der Waals surface area contributed by atoms with Crippen LogP contribution < -0.4 is 16.0 Å². The van der Waals surface area contributed by atoms with Crippen molar-refractivity contribution in [3.8, 4) is 0 Å². The second-order valence-corrected chi connectivity index (χ2v) is 7.86. The van der Waals surface area contributed by atoms with E-state index in [9.17, 15) is 4.79 Å². The molecular formula is C17H29IN4OS. The molecule has 0 radical (unpaired) electrons. The van der Waals surface area contributed by atoms with E-state index in [0.717, 1.165) is 6.54 Å². The van der Waals surface area contributed by atoms with Crippen molar-refractivity contribution in [2.45, 2.75) is 43.4 Å². The van der Waals surface area contributed by atoms with E-state index in [1.165, 1.54) is 4.90 Å². The molecule has 1 atom stereocenters. The molecule has 1 aromatic carbocycles. The van der Waals surface area contributed by atoms with E-state index in [1.807, 2.05) is 39.0 Å². The Morgan fingerprint density at radius 2 is 1.83 bits per heavy atom. The summed E-state index contributed by atoms with van der Waals surface area (Å²) in [6, 6.07) is 10.3. The number of hydrogen-bond acceptors (Lipinski definition) is 3. The second kappa shape index (κ2) is 11.6. The third kappa shape index (κ3) is 10.7. The highest BCUT2D eigenvalue weighted by atomic mass is 127. The van der Waals surface area contributed by atoms with Crippen LogP contribution in [0, 0.1) is 0 Å². The molecule has 24 heavy (non-hydrogen) atoms. The summed E-state index contributed by atoms with van der Waals surface area (Å²) >= 11 is 1.80. The van der Waals surface area contributed by atoms with E-state index >= 15 is 0 Å². The van der Waals surface area contributed by atoms with Crippen molar-refractivity contribution in [3.63, 3.8) is 0 Å². The zero-order valence-electron chi connectivity index (χ0n) is 15.1. The number of halogens is 1. The van der Waals surface area contributed by atoms with E-state index in [0.29, 0.717) is 11.2 Å². The summed E-state index contributed by atoms with van der Waals surface area (Å²) < 4.78 is 0. The fourth-order valence-electron chi connectivity index (χ4n) is 1.86. The van der Waals surface area contributed by atoms with Crippen LogP contribution in [-0.2, 0) is 4.79 Å². The lowest BCUT2D eigenvalue weighted by Gasteiger charge is -2.21. The van der Waals surface area contributed by atoms with Gasteiger partial charge in [-0.15, -0.1) is 35.7 Å². The number of aliphatic imine (C=N–C) groups is 1. The highest BCUT2D eigenvalue weighted by Crippen LogP contribution is 2.21. The highest BCUT2D eigenvalue weighted by Gasteiger charge is 2.13. The molecule has 0 aromatic heterocycles. The number of guanidine groups is 1. The Hall–Kier alpha value is -0.960. The van der Waals surface area contributed by atoms with Gasteiger partial charge in [0.15, 0.2) is 5.96 Å². The minimum atomic E-state index is -0.226. The number of amides is 1. The molecule has 0 saturated carbocycles. The van der Waals surface area contributed by atoms with E-state index < -0.39 is 0 Å². The van der Waals surface area contributed by atoms with Gasteiger partial charge < -0.3 is 16.0 Å². The molecule has 136 valence electrons. The SMILES string of the molecule is CN=C(NCC(=O)NC(C)(C)C)NCC(C)Sc1ccccc1.I. The van der Waals surface area contributed by atoms with Crippen LogP contribution >= 0.6 is 35.7 Å². The lowest BCUT2D eigenvalue weighted by molar-refractivity contribution is -0.121. The molecule has 0 aliphatic heterocycles. The van der Waals surface area contributed by atoms with Crippen LogP contribution in [0.25, 0.3) is 0 Å². The Kier molecular flexibility index (Phi) is 11.1. The van der Waals surface area contributed by atoms with Crippen LogP contribution in [0.15, 0.2) is 40.2 Å². The summed E-state index contributed by atoms with van der Waals surface area (Å²) in [6.45, 7) is 9.00. The van der Waals surface area contributed by atoms with E-state index in [4.69, 9.17) is 0 Å². The van der Waals surface area contributed by atoms with Crippen molar-refractivity contribution in [1.82, 2.24) is 16.0 Å². The maximum absolute atomic E-state index is 11.8. The van der Waals surface area contributed by atoms with Crippen LogP contribution in [0.2, 0.25) is 0 Å². The molecule has 0 aliphatic rings. The average Bonchev–Trinajstić information content (AvgIpc) is 2.46. The van der Waals surface area contributed by atoms with Gasteiger partial charge in [-0.1, -0.05) is 25.1 Å². The number of benzene rings is 1. The van der Waals surface area contributed by atoms with Gasteiger partial charge in [-0.2, -0.15) is 0 Å². The minimum Gasteiger partial charge on any atom is -0.355 e. The average molecular weight is 464 g/mol. The van der Waals surface area contributed by atoms with Crippen molar-refractivity contribution in [2.24, 2.45) is 4.99 Å². The van der Waals surface area contributed by atoms with Gasteiger partial charge in [0.2, 0.25) is 5.91 Å². The molecule has 3 N–H and O–H groups in total. The fraction of sp³-hybridized carbons (Fsp3) is 0.529. The maximum atomic E-state index is 11.8.